The number of aromatic nitrogens is 3. The molecular formula is C13H13Cl2N5O. The SMILES string of the molecule is Nc1nc(-c2cc(Cl)ccc2Cl)nc(N2CCC(O)C2)n1. The van der Waals surface area contributed by atoms with Crippen molar-refractivity contribution in [3.05, 3.63) is 28.2 Å². The monoisotopic (exact) mass is 325 g/mol. The largest absolute Gasteiger partial charge is 0.391 e. The molecule has 1 saturated heterocycles. The normalized spacial score (nSPS) is 18.2. The summed E-state index contributed by atoms with van der Waals surface area (Å²) >= 11 is 12.2. The van der Waals surface area contributed by atoms with Gasteiger partial charge in [0.05, 0.1) is 11.1 Å². The third-order valence-electron chi connectivity index (χ3n) is 3.26. The highest BCUT2D eigenvalue weighted by Crippen LogP contribution is 2.29. The summed E-state index contributed by atoms with van der Waals surface area (Å²) in [6, 6.07) is 5.05. The maximum atomic E-state index is 9.61. The summed E-state index contributed by atoms with van der Waals surface area (Å²) in [6.07, 6.45) is 0.306. The average molecular weight is 326 g/mol. The summed E-state index contributed by atoms with van der Waals surface area (Å²) in [5.74, 6) is 0.906. The number of hydrogen-bond acceptors (Lipinski definition) is 6. The molecule has 1 aromatic carbocycles. The van der Waals surface area contributed by atoms with Crippen LogP contribution in [0.15, 0.2) is 18.2 Å². The minimum absolute atomic E-state index is 0.104. The van der Waals surface area contributed by atoms with Gasteiger partial charge in [-0.3, -0.25) is 0 Å². The van der Waals surface area contributed by atoms with Crippen molar-refractivity contribution in [1.82, 2.24) is 15.0 Å². The number of rotatable bonds is 2. The molecule has 0 amide bonds. The van der Waals surface area contributed by atoms with Crippen molar-refractivity contribution in [3.63, 3.8) is 0 Å². The molecule has 0 saturated carbocycles. The van der Waals surface area contributed by atoms with E-state index in [1.807, 2.05) is 4.90 Å². The summed E-state index contributed by atoms with van der Waals surface area (Å²) in [6.45, 7) is 1.15. The molecule has 0 aliphatic carbocycles. The van der Waals surface area contributed by atoms with Gasteiger partial charge in [0.1, 0.15) is 0 Å². The molecule has 0 bridgehead atoms. The average Bonchev–Trinajstić information content (AvgIpc) is 2.87. The lowest BCUT2D eigenvalue weighted by Gasteiger charge is -2.16. The minimum Gasteiger partial charge on any atom is -0.391 e. The molecule has 110 valence electrons. The zero-order valence-electron chi connectivity index (χ0n) is 11.0. The number of aliphatic hydroxyl groups excluding tert-OH is 1. The van der Waals surface area contributed by atoms with Crippen molar-refractivity contribution in [2.24, 2.45) is 0 Å². The Hall–Kier alpha value is -1.63. The standard InChI is InChI=1S/C13H13Cl2N5O/c14-7-1-2-10(15)9(5-7)11-17-12(16)19-13(18-11)20-4-3-8(21)6-20/h1-2,5,8,21H,3-4,6H2,(H2,16,17,18,19). The van der Waals surface area contributed by atoms with Crippen LogP contribution in [0.5, 0.6) is 0 Å². The molecule has 3 rings (SSSR count). The quantitative estimate of drug-likeness (QED) is 0.877. The molecule has 1 aliphatic heterocycles. The number of anilines is 2. The number of benzene rings is 1. The number of halogens is 2. The van der Waals surface area contributed by atoms with Gasteiger partial charge in [0.15, 0.2) is 5.82 Å². The molecule has 1 atom stereocenters. The Bertz CT molecular complexity index is 682. The van der Waals surface area contributed by atoms with E-state index >= 15 is 0 Å². The fourth-order valence-corrected chi connectivity index (χ4v) is 2.61. The van der Waals surface area contributed by atoms with E-state index in [1.54, 1.807) is 18.2 Å². The van der Waals surface area contributed by atoms with Crippen molar-refractivity contribution >= 4 is 35.1 Å². The molecule has 1 fully saturated rings. The first kappa shape index (κ1) is 14.3. The Kier molecular flexibility index (Phi) is 3.84. The molecule has 1 aromatic heterocycles. The molecule has 0 spiro atoms. The van der Waals surface area contributed by atoms with Gasteiger partial charge in [-0.05, 0) is 24.6 Å². The first-order chi connectivity index (χ1) is 10.0. The van der Waals surface area contributed by atoms with Gasteiger partial charge in [-0.2, -0.15) is 15.0 Å². The van der Waals surface area contributed by atoms with Crippen molar-refractivity contribution in [1.29, 1.82) is 0 Å². The summed E-state index contributed by atoms with van der Waals surface area (Å²) in [5, 5.41) is 10.6. The van der Waals surface area contributed by atoms with Gasteiger partial charge in [0, 0.05) is 23.7 Å². The number of β-amino-alcohol motifs (C(OH)–C–C–N with tert-alkyl or cyclic N) is 1. The van der Waals surface area contributed by atoms with Gasteiger partial charge < -0.3 is 15.7 Å². The highest BCUT2D eigenvalue weighted by molar-refractivity contribution is 6.35. The van der Waals surface area contributed by atoms with E-state index in [-0.39, 0.29) is 12.1 Å². The van der Waals surface area contributed by atoms with Crippen LogP contribution in [0.4, 0.5) is 11.9 Å². The van der Waals surface area contributed by atoms with Crippen LogP contribution < -0.4 is 10.6 Å². The van der Waals surface area contributed by atoms with Crippen LogP contribution in [-0.4, -0.2) is 39.3 Å². The van der Waals surface area contributed by atoms with Gasteiger partial charge >= 0.3 is 0 Å². The molecule has 1 aliphatic rings. The fraction of sp³-hybridized carbons (Fsp3) is 0.308. The van der Waals surface area contributed by atoms with Gasteiger partial charge in [0.2, 0.25) is 11.9 Å². The maximum Gasteiger partial charge on any atom is 0.230 e. The minimum atomic E-state index is -0.374. The van der Waals surface area contributed by atoms with Gasteiger partial charge in [-0.1, -0.05) is 23.2 Å². The molecule has 3 N–H and O–H groups in total. The number of hydrogen-bond donors (Lipinski definition) is 2. The smallest absolute Gasteiger partial charge is 0.230 e. The number of nitrogens with zero attached hydrogens (tertiary/aromatic N) is 4. The van der Waals surface area contributed by atoms with E-state index < -0.39 is 0 Å². The summed E-state index contributed by atoms with van der Waals surface area (Å²) in [4.78, 5) is 14.5. The van der Waals surface area contributed by atoms with Crippen LogP contribution in [0.3, 0.4) is 0 Å². The number of aliphatic hydroxyl groups is 1. The van der Waals surface area contributed by atoms with E-state index in [1.165, 1.54) is 0 Å². The zero-order chi connectivity index (χ0) is 15.0. The molecule has 0 radical (unpaired) electrons. The van der Waals surface area contributed by atoms with E-state index in [9.17, 15) is 5.11 Å². The molecule has 1 unspecified atom stereocenters. The van der Waals surface area contributed by atoms with E-state index in [2.05, 4.69) is 15.0 Å². The summed E-state index contributed by atoms with van der Waals surface area (Å²) < 4.78 is 0. The topological polar surface area (TPSA) is 88.2 Å². The Labute approximate surface area is 131 Å². The molecule has 2 aromatic rings. The van der Waals surface area contributed by atoms with E-state index in [4.69, 9.17) is 28.9 Å². The zero-order valence-corrected chi connectivity index (χ0v) is 12.5. The third-order valence-corrected chi connectivity index (χ3v) is 3.82. The first-order valence-electron chi connectivity index (χ1n) is 6.43. The Morgan fingerprint density at radius 3 is 2.76 bits per heavy atom. The predicted molar refractivity (Wildman–Crippen MR) is 82.5 cm³/mol. The van der Waals surface area contributed by atoms with Gasteiger partial charge in [0.25, 0.3) is 0 Å². The first-order valence-corrected chi connectivity index (χ1v) is 7.18. The predicted octanol–water partition coefficient (Wildman–Crippen LogP) is 2.00. The highest BCUT2D eigenvalue weighted by Gasteiger charge is 2.23. The second kappa shape index (κ2) is 5.63. The second-order valence-electron chi connectivity index (χ2n) is 4.83. The lowest BCUT2D eigenvalue weighted by atomic mass is 10.2. The van der Waals surface area contributed by atoms with Gasteiger partial charge in [-0.15, -0.1) is 0 Å². The van der Waals surface area contributed by atoms with E-state index in [0.717, 1.165) is 0 Å². The van der Waals surface area contributed by atoms with Crippen molar-refractivity contribution in [2.75, 3.05) is 23.7 Å². The number of nitrogen functional groups attached to an aromatic ring is 1. The summed E-state index contributed by atoms with van der Waals surface area (Å²) in [7, 11) is 0. The molecule has 21 heavy (non-hydrogen) atoms. The van der Waals surface area contributed by atoms with Crippen LogP contribution >= 0.6 is 23.2 Å². The van der Waals surface area contributed by atoms with Crippen molar-refractivity contribution in [3.8, 4) is 11.4 Å². The second-order valence-corrected chi connectivity index (χ2v) is 5.67. The maximum absolute atomic E-state index is 9.61. The van der Waals surface area contributed by atoms with Crippen LogP contribution in [0.1, 0.15) is 6.42 Å². The highest BCUT2D eigenvalue weighted by atomic mass is 35.5. The number of nitrogens with two attached hydrogens (primary N) is 1. The molecular weight excluding hydrogens is 313 g/mol. The van der Waals surface area contributed by atoms with Crippen molar-refractivity contribution < 1.29 is 5.11 Å². The third kappa shape index (κ3) is 3.02. The lowest BCUT2D eigenvalue weighted by molar-refractivity contribution is 0.198. The van der Waals surface area contributed by atoms with Crippen LogP contribution in [0, 0.1) is 0 Å². The van der Waals surface area contributed by atoms with Crippen LogP contribution in [-0.2, 0) is 0 Å². The van der Waals surface area contributed by atoms with E-state index in [0.29, 0.717) is 46.9 Å². The molecule has 2 heterocycles. The Balaban J connectivity index is 2.03. The molecule has 8 heteroatoms. The summed E-state index contributed by atoms with van der Waals surface area (Å²) in [5.41, 5.74) is 6.36. The van der Waals surface area contributed by atoms with Crippen LogP contribution in [0.2, 0.25) is 10.0 Å². The molecule has 6 nitrogen and oxygen atoms in total. The van der Waals surface area contributed by atoms with Crippen molar-refractivity contribution in [2.45, 2.75) is 12.5 Å². The lowest BCUT2D eigenvalue weighted by Crippen LogP contribution is -2.24. The Morgan fingerprint density at radius 1 is 1.24 bits per heavy atom. The van der Waals surface area contributed by atoms with Gasteiger partial charge in [-0.25, -0.2) is 0 Å². The Morgan fingerprint density at radius 2 is 2.05 bits per heavy atom. The van der Waals surface area contributed by atoms with Crippen LogP contribution in [0.25, 0.3) is 11.4 Å². The fourth-order valence-electron chi connectivity index (χ4n) is 2.23.